The molecule has 0 aliphatic rings. The number of hydrogen-bond acceptors (Lipinski definition) is 2. The van der Waals surface area contributed by atoms with E-state index in [4.69, 9.17) is 9.40 Å². The van der Waals surface area contributed by atoms with Crippen molar-refractivity contribution in [2.24, 2.45) is 0 Å². The Balaban J connectivity index is 1.39. The minimum Gasteiger partial charge on any atom is -0.456 e. The molecular formula is C46H35B5N2O. The summed E-state index contributed by atoms with van der Waals surface area (Å²) in [6, 6.07) is 48.3. The van der Waals surface area contributed by atoms with Crippen molar-refractivity contribution in [2.75, 3.05) is 0 Å². The molecule has 8 aromatic carbocycles. The molecule has 0 unspecified atom stereocenters. The second-order valence-corrected chi connectivity index (χ2v) is 14.8. The summed E-state index contributed by atoms with van der Waals surface area (Å²) in [4.78, 5) is 4.99. The molecule has 0 bridgehead atoms. The number of benzene rings is 8. The Bertz CT molecular complexity index is 3170. The zero-order chi connectivity index (χ0) is 36.8. The van der Waals surface area contributed by atoms with Crippen LogP contribution >= 0.6 is 0 Å². The Morgan fingerprint density at radius 1 is 0.481 bits per heavy atom. The predicted octanol–water partition coefficient (Wildman–Crippen LogP) is 3.83. The van der Waals surface area contributed by atoms with Gasteiger partial charge in [0.2, 0.25) is 0 Å². The van der Waals surface area contributed by atoms with Crippen LogP contribution in [0.5, 0.6) is 0 Å². The van der Waals surface area contributed by atoms with Gasteiger partial charge in [-0.15, -0.1) is 16.4 Å². The highest BCUT2D eigenvalue weighted by Gasteiger charge is 2.24. The van der Waals surface area contributed by atoms with E-state index >= 15 is 0 Å². The smallest absolute Gasteiger partial charge is 0.139 e. The molecule has 0 N–H and O–H groups in total. The topological polar surface area (TPSA) is 31.0 Å². The van der Waals surface area contributed by atoms with Gasteiger partial charge in [0.25, 0.3) is 0 Å². The molecule has 0 fully saturated rings. The van der Waals surface area contributed by atoms with Crippen molar-refractivity contribution in [3.05, 3.63) is 139 Å². The summed E-state index contributed by atoms with van der Waals surface area (Å²) >= 11 is 0. The standard InChI is InChI=1S/C46H35B5N2O/c1-24-52-33-16-6-8-18-35(33)53(24)34-17-7-4-13-29(34)39-26-11-2-3-12-27(26)40(31-15-10-20-37-41(31)30-14-5-9-19-36(30)54-37)32-23-25(21-22-28(32)39)38-42(47)44(49)46(51)45(50)43(38)48/h2-23H,47-51H2,1H3. The van der Waals surface area contributed by atoms with Crippen molar-refractivity contribution in [3.8, 4) is 39.1 Å². The molecule has 0 aliphatic carbocycles. The summed E-state index contributed by atoms with van der Waals surface area (Å²) in [5.74, 6) is 0.964. The number of nitrogens with zero attached hydrogens (tertiary/aromatic N) is 2. The fourth-order valence-electron chi connectivity index (χ4n) is 9.16. The van der Waals surface area contributed by atoms with E-state index < -0.39 is 0 Å². The third-order valence-corrected chi connectivity index (χ3v) is 12.1. The zero-order valence-corrected chi connectivity index (χ0v) is 31.5. The number of para-hydroxylation sites is 4. The van der Waals surface area contributed by atoms with E-state index in [1.807, 2.05) is 0 Å². The number of rotatable bonds is 4. The third kappa shape index (κ3) is 4.65. The van der Waals surface area contributed by atoms with Gasteiger partial charge in [0.1, 0.15) is 56.2 Å². The Hall–Kier alpha value is -6.13. The summed E-state index contributed by atoms with van der Waals surface area (Å²) in [6.07, 6.45) is 0. The van der Waals surface area contributed by atoms with E-state index in [9.17, 15) is 0 Å². The van der Waals surface area contributed by atoms with E-state index in [2.05, 4.69) is 184 Å². The molecule has 250 valence electrons. The minimum absolute atomic E-state index is 0.899. The van der Waals surface area contributed by atoms with Gasteiger partial charge in [-0.1, -0.05) is 108 Å². The Labute approximate surface area is 319 Å². The van der Waals surface area contributed by atoms with E-state index in [0.717, 1.165) is 44.5 Å². The Morgan fingerprint density at radius 2 is 1.06 bits per heavy atom. The maximum absolute atomic E-state index is 6.49. The molecule has 0 atom stereocenters. The van der Waals surface area contributed by atoms with Gasteiger partial charge in [-0.25, -0.2) is 4.98 Å². The number of aromatic nitrogens is 2. The van der Waals surface area contributed by atoms with Gasteiger partial charge in [-0.05, 0) is 92.7 Å². The average Bonchev–Trinajstić information content (AvgIpc) is 3.75. The molecule has 0 spiro atoms. The van der Waals surface area contributed by atoms with Crippen molar-refractivity contribution in [1.82, 2.24) is 9.55 Å². The van der Waals surface area contributed by atoms with Crippen molar-refractivity contribution >= 4 is 121 Å². The molecule has 2 aromatic heterocycles. The molecule has 0 amide bonds. The maximum Gasteiger partial charge on any atom is 0.139 e. The van der Waals surface area contributed by atoms with Gasteiger partial charge in [0, 0.05) is 16.3 Å². The summed E-state index contributed by atoms with van der Waals surface area (Å²) in [5, 5.41) is 7.12. The first-order valence-corrected chi connectivity index (χ1v) is 18.8. The number of imidazole rings is 1. The summed E-state index contributed by atoms with van der Waals surface area (Å²) in [6.45, 7) is 2.11. The first-order valence-electron chi connectivity index (χ1n) is 18.8. The lowest BCUT2D eigenvalue weighted by atomic mass is 9.59. The molecule has 10 rings (SSSR count). The first-order chi connectivity index (χ1) is 26.3. The number of furan rings is 1. The lowest BCUT2D eigenvalue weighted by Gasteiger charge is -2.23. The Morgan fingerprint density at radius 3 is 1.83 bits per heavy atom. The first kappa shape index (κ1) is 32.5. The Kier molecular flexibility index (Phi) is 7.35. The highest BCUT2D eigenvalue weighted by molar-refractivity contribution is 6.68. The molecule has 10 aromatic rings. The van der Waals surface area contributed by atoms with Crippen LogP contribution in [-0.4, -0.2) is 48.8 Å². The maximum atomic E-state index is 6.49. The van der Waals surface area contributed by atoms with Gasteiger partial charge in [-0.3, -0.25) is 4.57 Å². The van der Waals surface area contributed by atoms with E-state index in [1.54, 1.807) is 0 Å². The van der Waals surface area contributed by atoms with Gasteiger partial charge in [0.05, 0.1) is 16.7 Å². The highest BCUT2D eigenvalue weighted by atomic mass is 16.3. The largest absolute Gasteiger partial charge is 0.456 e. The number of hydrogen-bond donors (Lipinski definition) is 0. The van der Waals surface area contributed by atoms with E-state index in [0.29, 0.717) is 0 Å². The second kappa shape index (κ2) is 12.2. The van der Waals surface area contributed by atoms with Crippen LogP contribution in [0.3, 0.4) is 0 Å². The molecule has 2 heterocycles. The van der Waals surface area contributed by atoms with Crippen molar-refractivity contribution < 1.29 is 4.42 Å². The third-order valence-electron chi connectivity index (χ3n) is 12.1. The fourth-order valence-corrected chi connectivity index (χ4v) is 9.16. The highest BCUT2D eigenvalue weighted by Crippen LogP contribution is 2.48. The normalized spacial score (nSPS) is 11.8. The molecular weight excluding hydrogens is 651 g/mol. The predicted molar refractivity (Wildman–Crippen MR) is 245 cm³/mol. The van der Waals surface area contributed by atoms with Gasteiger partial charge >= 0.3 is 0 Å². The lowest BCUT2D eigenvalue weighted by molar-refractivity contribution is 0.669. The summed E-state index contributed by atoms with van der Waals surface area (Å²) in [5.41, 5.74) is 19.1. The van der Waals surface area contributed by atoms with Crippen molar-refractivity contribution in [1.29, 1.82) is 0 Å². The molecule has 0 radical (unpaired) electrons. The van der Waals surface area contributed by atoms with Gasteiger partial charge in [0.15, 0.2) is 0 Å². The zero-order valence-electron chi connectivity index (χ0n) is 31.5. The van der Waals surface area contributed by atoms with Gasteiger partial charge < -0.3 is 4.42 Å². The minimum atomic E-state index is 0.899. The molecule has 0 aliphatic heterocycles. The van der Waals surface area contributed by atoms with Crippen LogP contribution in [0.4, 0.5) is 0 Å². The monoisotopic (exact) mass is 686 g/mol. The second-order valence-electron chi connectivity index (χ2n) is 14.8. The summed E-state index contributed by atoms with van der Waals surface area (Å²) in [7, 11) is 11.4. The molecule has 3 nitrogen and oxygen atoms in total. The van der Waals surface area contributed by atoms with Crippen LogP contribution in [-0.2, 0) is 0 Å². The number of aryl methyl sites for hydroxylation is 1. The van der Waals surface area contributed by atoms with Crippen LogP contribution in [0.25, 0.3) is 93.6 Å². The van der Waals surface area contributed by atoms with Crippen LogP contribution in [0.15, 0.2) is 138 Å². The van der Waals surface area contributed by atoms with Crippen LogP contribution < -0.4 is 27.3 Å². The van der Waals surface area contributed by atoms with Crippen molar-refractivity contribution in [2.45, 2.75) is 6.92 Å². The molecule has 8 heteroatoms. The SMILES string of the molecule is Bc1c(B)c(B)c(-c2ccc3c(-c4ccccc4-n4c(C)nc5ccccc54)c4ccccc4c(-c4cccc5oc6ccccc6c45)c3c2)c(B)c1B. The average molecular weight is 686 g/mol. The lowest BCUT2D eigenvalue weighted by Crippen LogP contribution is -2.55. The van der Waals surface area contributed by atoms with E-state index in [-0.39, 0.29) is 0 Å². The van der Waals surface area contributed by atoms with Crippen LogP contribution in [0, 0.1) is 6.92 Å². The van der Waals surface area contributed by atoms with Crippen molar-refractivity contribution in [3.63, 3.8) is 0 Å². The fraction of sp³-hybridized carbons (Fsp3) is 0.0217. The molecule has 54 heavy (non-hydrogen) atoms. The molecule has 0 saturated carbocycles. The van der Waals surface area contributed by atoms with Gasteiger partial charge in [-0.2, -0.15) is 0 Å². The molecule has 0 saturated heterocycles. The van der Waals surface area contributed by atoms with Crippen LogP contribution in [0.2, 0.25) is 0 Å². The summed E-state index contributed by atoms with van der Waals surface area (Å²) < 4.78 is 8.80. The number of fused-ring (bicyclic) bond motifs is 6. The van der Waals surface area contributed by atoms with Crippen LogP contribution in [0.1, 0.15) is 5.82 Å². The van der Waals surface area contributed by atoms with E-state index in [1.165, 1.54) is 82.2 Å². The quantitative estimate of drug-likeness (QED) is 0.209.